The fraction of sp³-hybridized carbons (Fsp3) is 0.0500. The Morgan fingerprint density at radius 1 is 0.923 bits per heavy atom. The SMILES string of the molecule is O=c1ccc(-c2cc(F)cc(F)c2)nn1Cc1cccc2cccnc12. The summed E-state index contributed by atoms with van der Waals surface area (Å²) in [5, 5.41) is 5.23. The Labute approximate surface area is 147 Å². The van der Waals surface area contributed by atoms with Crippen molar-refractivity contribution < 1.29 is 8.78 Å². The van der Waals surface area contributed by atoms with E-state index in [0.29, 0.717) is 5.69 Å². The lowest BCUT2D eigenvalue weighted by Gasteiger charge is -2.09. The molecule has 0 radical (unpaired) electrons. The number of hydrogen-bond acceptors (Lipinski definition) is 3. The molecule has 4 rings (SSSR count). The van der Waals surface area contributed by atoms with Crippen LogP contribution in [0.5, 0.6) is 0 Å². The molecule has 128 valence electrons. The summed E-state index contributed by atoms with van der Waals surface area (Å²) in [5.41, 5.74) is 1.90. The minimum atomic E-state index is -0.696. The monoisotopic (exact) mass is 349 g/mol. The van der Waals surface area contributed by atoms with E-state index in [4.69, 9.17) is 0 Å². The van der Waals surface area contributed by atoms with Gasteiger partial charge in [0.2, 0.25) is 0 Å². The van der Waals surface area contributed by atoms with E-state index < -0.39 is 11.6 Å². The second-order valence-electron chi connectivity index (χ2n) is 5.86. The molecule has 2 aromatic carbocycles. The Hall–Kier alpha value is -3.41. The standard InChI is InChI=1S/C20H13F2N3O/c21-16-9-15(10-17(22)11-16)18-6-7-19(26)25(24-18)12-14-4-1-3-13-5-2-8-23-20(13)14/h1-11H,12H2. The first kappa shape index (κ1) is 16.1. The number of hydrogen-bond donors (Lipinski definition) is 0. The molecule has 0 aliphatic rings. The minimum absolute atomic E-state index is 0.207. The molecule has 0 saturated heterocycles. The number of rotatable bonds is 3. The molecular formula is C20H13F2N3O. The van der Waals surface area contributed by atoms with Crippen LogP contribution in [0.4, 0.5) is 8.78 Å². The van der Waals surface area contributed by atoms with Crippen LogP contribution in [0.1, 0.15) is 5.56 Å². The zero-order valence-corrected chi connectivity index (χ0v) is 13.6. The van der Waals surface area contributed by atoms with Crippen molar-refractivity contribution in [3.63, 3.8) is 0 Å². The minimum Gasteiger partial charge on any atom is -0.268 e. The molecule has 0 unspecified atom stereocenters. The zero-order valence-electron chi connectivity index (χ0n) is 13.6. The molecule has 6 heteroatoms. The predicted molar refractivity (Wildman–Crippen MR) is 94.7 cm³/mol. The van der Waals surface area contributed by atoms with Crippen LogP contribution in [0.3, 0.4) is 0 Å². The van der Waals surface area contributed by atoms with E-state index in [2.05, 4.69) is 10.1 Å². The number of halogens is 2. The average molecular weight is 349 g/mol. The first-order valence-corrected chi connectivity index (χ1v) is 7.97. The van der Waals surface area contributed by atoms with Gasteiger partial charge < -0.3 is 0 Å². The topological polar surface area (TPSA) is 47.8 Å². The molecule has 2 heterocycles. The molecule has 0 N–H and O–H groups in total. The molecule has 0 amide bonds. The summed E-state index contributed by atoms with van der Waals surface area (Å²) in [6.45, 7) is 0.207. The maximum absolute atomic E-state index is 13.5. The third-order valence-electron chi connectivity index (χ3n) is 4.06. The van der Waals surface area contributed by atoms with Gasteiger partial charge in [0.1, 0.15) is 11.6 Å². The maximum Gasteiger partial charge on any atom is 0.267 e. The molecule has 0 aliphatic carbocycles. The highest BCUT2D eigenvalue weighted by Crippen LogP contribution is 2.20. The normalized spacial score (nSPS) is 11.0. The van der Waals surface area contributed by atoms with Gasteiger partial charge in [0.15, 0.2) is 0 Å². The summed E-state index contributed by atoms with van der Waals surface area (Å²) in [7, 11) is 0. The Balaban J connectivity index is 1.78. The number of benzene rings is 2. The third-order valence-corrected chi connectivity index (χ3v) is 4.06. The van der Waals surface area contributed by atoms with Crippen LogP contribution in [-0.4, -0.2) is 14.8 Å². The summed E-state index contributed by atoms with van der Waals surface area (Å²) in [6, 6.07) is 15.4. The van der Waals surface area contributed by atoms with E-state index in [1.54, 1.807) is 6.20 Å². The smallest absolute Gasteiger partial charge is 0.267 e. The lowest BCUT2D eigenvalue weighted by atomic mass is 10.1. The van der Waals surface area contributed by atoms with Crippen molar-refractivity contribution in [3.8, 4) is 11.3 Å². The molecular weight excluding hydrogens is 336 g/mol. The summed E-state index contributed by atoms with van der Waals surface area (Å²) >= 11 is 0. The van der Waals surface area contributed by atoms with Gasteiger partial charge in [-0.1, -0.05) is 24.3 Å². The van der Waals surface area contributed by atoms with Gasteiger partial charge in [-0.25, -0.2) is 13.5 Å². The van der Waals surface area contributed by atoms with E-state index in [0.717, 1.165) is 22.5 Å². The molecule has 0 saturated carbocycles. The highest BCUT2D eigenvalue weighted by Gasteiger charge is 2.09. The second-order valence-corrected chi connectivity index (χ2v) is 5.86. The lowest BCUT2D eigenvalue weighted by Crippen LogP contribution is -2.23. The highest BCUT2D eigenvalue weighted by molar-refractivity contribution is 5.81. The zero-order chi connectivity index (χ0) is 18.1. The Kier molecular flexibility index (Phi) is 4.01. The van der Waals surface area contributed by atoms with Crippen LogP contribution in [-0.2, 0) is 6.54 Å². The van der Waals surface area contributed by atoms with E-state index >= 15 is 0 Å². The Morgan fingerprint density at radius 3 is 2.50 bits per heavy atom. The molecule has 2 aromatic heterocycles. The fourth-order valence-electron chi connectivity index (χ4n) is 2.87. The van der Waals surface area contributed by atoms with Crippen molar-refractivity contribution in [3.05, 3.63) is 94.4 Å². The van der Waals surface area contributed by atoms with Crippen LogP contribution in [0.15, 0.2) is 71.7 Å². The first-order chi connectivity index (χ1) is 12.6. The van der Waals surface area contributed by atoms with Crippen LogP contribution in [0, 0.1) is 11.6 Å². The van der Waals surface area contributed by atoms with Crippen LogP contribution >= 0.6 is 0 Å². The Bertz CT molecular complexity index is 1150. The van der Waals surface area contributed by atoms with Crippen molar-refractivity contribution in [2.45, 2.75) is 6.54 Å². The number of nitrogens with zero attached hydrogens (tertiary/aromatic N) is 3. The maximum atomic E-state index is 13.5. The van der Waals surface area contributed by atoms with Gasteiger partial charge in [-0.3, -0.25) is 9.78 Å². The van der Waals surface area contributed by atoms with Gasteiger partial charge in [-0.15, -0.1) is 0 Å². The fourth-order valence-corrected chi connectivity index (χ4v) is 2.87. The van der Waals surface area contributed by atoms with Crippen LogP contribution < -0.4 is 5.56 Å². The second kappa shape index (κ2) is 6.48. The molecule has 0 spiro atoms. The van der Waals surface area contributed by atoms with E-state index in [1.165, 1.54) is 28.9 Å². The third kappa shape index (κ3) is 3.09. The van der Waals surface area contributed by atoms with Gasteiger partial charge in [-0.05, 0) is 29.8 Å². The lowest BCUT2D eigenvalue weighted by molar-refractivity contribution is 0.583. The molecule has 0 bridgehead atoms. The Morgan fingerprint density at radius 2 is 1.69 bits per heavy atom. The van der Waals surface area contributed by atoms with Crippen molar-refractivity contribution >= 4 is 10.9 Å². The average Bonchev–Trinajstić information content (AvgIpc) is 2.63. The highest BCUT2D eigenvalue weighted by atomic mass is 19.1. The van der Waals surface area contributed by atoms with Crippen molar-refractivity contribution in [2.24, 2.45) is 0 Å². The molecule has 0 fully saturated rings. The van der Waals surface area contributed by atoms with Gasteiger partial charge in [0.05, 0.1) is 17.8 Å². The van der Waals surface area contributed by atoms with E-state index in [9.17, 15) is 13.6 Å². The van der Waals surface area contributed by atoms with E-state index in [-0.39, 0.29) is 17.7 Å². The van der Waals surface area contributed by atoms with Crippen molar-refractivity contribution in [1.29, 1.82) is 0 Å². The van der Waals surface area contributed by atoms with E-state index in [1.807, 2.05) is 30.3 Å². The molecule has 4 nitrogen and oxygen atoms in total. The number of fused-ring (bicyclic) bond motifs is 1. The largest absolute Gasteiger partial charge is 0.268 e. The molecule has 0 atom stereocenters. The number of para-hydroxylation sites is 1. The summed E-state index contributed by atoms with van der Waals surface area (Å²) in [6.07, 6.45) is 1.69. The summed E-state index contributed by atoms with van der Waals surface area (Å²) < 4.78 is 28.2. The van der Waals surface area contributed by atoms with Gasteiger partial charge in [0.25, 0.3) is 5.56 Å². The molecule has 0 aliphatic heterocycles. The summed E-state index contributed by atoms with van der Waals surface area (Å²) in [4.78, 5) is 16.6. The van der Waals surface area contributed by atoms with Crippen LogP contribution in [0.25, 0.3) is 22.2 Å². The summed E-state index contributed by atoms with van der Waals surface area (Å²) in [5.74, 6) is -1.39. The quantitative estimate of drug-likeness (QED) is 0.565. The number of pyridine rings is 1. The van der Waals surface area contributed by atoms with Gasteiger partial charge in [0, 0.05) is 29.3 Å². The first-order valence-electron chi connectivity index (χ1n) is 7.97. The van der Waals surface area contributed by atoms with Gasteiger partial charge in [-0.2, -0.15) is 5.10 Å². The van der Waals surface area contributed by atoms with Crippen molar-refractivity contribution in [2.75, 3.05) is 0 Å². The predicted octanol–water partition coefficient (Wildman–Crippen LogP) is 3.79. The van der Waals surface area contributed by atoms with Gasteiger partial charge >= 0.3 is 0 Å². The molecule has 26 heavy (non-hydrogen) atoms. The number of aromatic nitrogens is 3. The molecule has 4 aromatic rings. The van der Waals surface area contributed by atoms with Crippen LogP contribution in [0.2, 0.25) is 0 Å². The van der Waals surface area contributed by atoms with Crippen molar-refractivity contribution in [1.82, 2.24) is 14.8 Å².